The van der Waals surface area contributed by atoms with Gasteiger partial charge in [-0.05, 0) is 49.4 Å². The number of carbonyl (C=O) groups excluding carboxylic acids is 1. The second-order valence-corrected chi connectivity index (χ2v) is 7.21. The van der Waals surface area contributed by atoms with Crippen LogP contribution in [0.4, 0.5) is 0 Å². The highest BCUT2D eigenvalue weighted by Crippen LogP contribution is 2.33. The molecule has 146 valence electrons. The van der Waals surface area contributed by atoms with Crippen LogP contribution in [-0.4, -0.2) is 40.5 Å². The molecule has 0 bridgehead atoms. The van der Waals surface area contributed by atoms with E-state index in [4.69, 9.17) is 21.1 Å². The van der Waals surface area contributed by atoms with Crippen molar-refractivity contribution in [2.24, 2.45) is 0 Å². The molecule has 0 spiro atoms. The lowest BCUT2D eigenvalue weighted by Crippen LogP contribution is -2.05. The van der Waals surface area contributed by atoms with E-state index < -0.39 is 0 Å². The molecule has 0 aliphatic heterocycles. The zero-order valence-corrected chi connectivity index (χ0v) is 17.4. The van der Waals surface area contributed by atoms with Crippen molar-refractivity contribution in [3.63, 3.8) is 0 Å². The SMILES string of the molecule is CCn1c(SCC(=O)c2ccc(OC)cc2)nnc1-c1cc(Cl)ccc1OC. The number of thioether (sulfide) groups is 1. The molecule has 0 radical (unpaired) electrons. The average molecular weight is 418 g/mol. The molecule has 0 saturated heterocycles. The summed E-state index contributed by atoms with van der Waals surface area (Å²) in [5.74, 6) is 2.31. The molecule has 0 aliphatic carbocycles. The summed E-state index contributed by atoms with van der Waals surface area (Å²) in [4.78, 5) is 12.5. The van der Waals surface area contributed by atoms with Gasteiger partial charge in [0.2, 0.25) is 0 Å². The first kappa shape index (κ1) is 20.2. The fourth-order valence-electron chi connectivity index (χ4n) is 2.73. The highest BCUT2D eigenvalue weighted by atomic mass is 35.5. The third-order valence-corrected chi connectivity index (χ3v) is 5.38. The number of aromatic nitrogens is 3. The first-order chi connectivity index (χ1) is 13.6. The Morgan fingerprint density at radius 2 is 1.86 bits per heavy atom. The number of methoxy groups -OCH3 is 2. The number of hydrogen-bond acceptors (Lipinski definition) is 6. The van der Waals surface area contributed by atoms with Crippen LogP contribution in [-0.2, 0) is 6.54 Å². The molecule has 0 fully saturated rings. The van der Waals surface area contributed by atoms with Crippen molar-refractivity contribution in [3.8, 4) is 22.9 Å². The minimum atomic E-state index is 0.0141. The number of ketones is 1. The molecular weight excluding hydrogens is 398 g/mol. The maximum absolute atomic E-state index is 12.5. The van der Waals surface area contributed by atoms with Crippen LogP contribution in [0.15, 0.2) is 47.6 Å². The van der Waals surface area contributed by atoms with Crippen molar-refractivity contribution in [1.82, 2.24) is 14.8 Å². The Morgan fingerprint density at radius 1 is 1.11 bits per heavy atom. The van der Waals surface area contributed by atoms with E-state index >= 15 is 0 Å². The molecule has 1 aromatic heterocycles. The van der Waals surface area contributed by atoms with Crippen LogP contribution < -0.4 is 9.47 Å². The Morgan fingerprint density at radius 3 is 2.50 bits per heavy atom. The summed E-state index contributed by atoms with van der Waals surface area (Å²) < 4.78 is 12.5. The van der Waals surface area contributed by atoms with E-state index in [1.54, 1.807) is 56.7 Å². The van der Waals surface area contributed by atoms with Crippen LogP contribution in [0, 0.1) is 0 Å². The predicted molar refractivity (Wildman–Crippen MR) is 111 cm³/mol. The van der Waals surface area contributed by atoms with Crippen molar-refractivity contribution in [1.29, 1.82) is 0 Å². The third kappa shape index (κ3) is 4.31. The number of ether oxygens (including phenoxy) is 2. The molecule has 0 atom stereocenters. The molecule has 0 aliphatic rings. The van der Waals surface area contributed by atoms with Gasteiger partial charge in [0.15, 0.2) is 16.8 Å². The van der Waals surface area contributed by atoms with Crippen LogP contribution >= 0.6 is 23.4 Å². The van der Waals surface area contributed by atoms with Gasteiger partial charge in [-0.3, -0.25) is 4.79 Å². The van der Waals surface area contributed by atoms with Gasteiger partial charge >= 0.3 is 0 Å². The van der Waals surface area contributed by atoms with E-state index in [9.17, 15) is 4.79 Å². The number of Topliss-reactive ketones (excluding diaryl/α,β-unsaturated/α-hetero) is 1. The lowest BCUT2D eigenvalue weighted by atomic mass is 10.1. The molecule has 0 N–H and O–H groups in total. The molecular formula is C20H20ClN3O3S. The highest BCUT2D eigenvalue weighted by Gasteiger charge is 2.18. The Balaban J connectivity index is 1.80. The molecule has 1 heterocycles. The molecule has 3 aromatic rings. The van der Waals surface area contributed by atoms with Gasteiger partial charge in [0, 0.05) is 17.1 Å². The van der Waals surface area contributed by atoms with Crippen LogP contribution in [0.25, 0.3) is 11.4 Å². The third-order valence-electron chi connectivity index (χ3n) is 4.18. The molecule has 6 nitrogen and oxygen atoms in total. The van der Waals surface area contributed by atoms with Crippen molar-refractivity contribution in [2.45, 2.75) is 18.6 Å². The summed E-state index contributed by atoms with van der Waals surface area (Å²) in [6.07, 6.45) is 0. The maximum atomic E-state index is 12.5. The summed E-state index contributed by atoms with van der Waals surface area (Å²) in [5, 5.41) is 9.83. The van der Waals surface area contributed by atoms with Gasteiger partial charge < -0.3 is 14.0 Å². The topological polar surface area (TPSA) is 66.2 Å². The average Bonchev–Trinajstić information content (AvgIpc) is 3.14. The molecule has 8 heteroatoms. The minimum absolute atomic E-state index is 0.0141. The van der Waals surface area contributed by atoms with Gasteiger partial charge in [0.1, 0.15) is 11.5 Å². The second-order valence-electron chi connectivity index (χ2n) is 5.84. The number of carbonyl (C=O) groups is 1. The Hall–Kier alpha value is -2.51. The number of rotatable bonds is 8. The van der Waals surface area contributed by atoms with Crippen molar-refractivity contribution < 1.29 is 14.3 Å². The molecule has 0 saturated carbocycles. The Bertz CT molecular complexity index is 973. The Labute approximate surface area is 172 Å². The van der Waals surface area contributed by atoms with Crippen molar-refractivity contribution >= 4 is 29.1 Å². The van der Waals surface area contributed by atoms with Gasteiger partial charge in [-0.1, -0.05) is 23.4 Å². The smallest absolute Gasteiger partial charge is 0.191 e. The van der Waals surface area contributed by atoms with E-state index in [0.717, 1.165) is 11.3 Å². The van der Waals surface area contributed by atoms with Gasteiger partial charge in [-0.25, -0.2) is 0 Å². The molecule has 0 amide bonds. The van der Waals surface area contributed by atoms with Gasteiger partial charge in [-0.2, -0.15) is 0 Å². The van der Waals surface area contributed by atoms with Crippen LogP contribution in [0.1, 0.15) is 17.3 Å². The summed E-state index contributed by atoms with van der Waals surface area (Å²) in [5.41, 5.74) is 1.39. The van der Waals surface area contributed by atoms with E-state index in [1.807, 2.05) is 11.5 Å². The fraction of sp³-hybridized carbons (Fsp3) is 0.250. The molecule has 3 rings (SSSR count). The second kappa shape index (κ2) is 9.12. The molecule has 28 heavy (non-hydrogen) atoms. The van der Waals surface area contributed by atoms with Crippen LogP contribution in [0.3, 0.4) is 0 Å². The van der Waals surface area contributed by atoms with Gasteiger partial charge in [0.05, 0.1) is 25.5 Å². The molecule has 0 unspecified atom stereocenters. The standard InChI is InChI=1S/C20H20ClN3O3S/c1-4-24-19(16-11-14(21)7-10-18(16)27-3)22-23-20(24)28-12-17(25)13-5-8-15(26-2)9-6-13/h5-11H,4,12H2,1-3H3. The van der Waals surface area contributed by atoms with E-state index in [-0.39, 0.29) is 11.5 Å². The first-order valence-corrected chi connectivity index (χ1v) is 10.0. The zero-order valence-electron chi connectivity index (χ0n) is 15.8. The fourth-order valence-corrected chi connectivity index (χ4v) is 3.79. The van der Waals surface area contributed by atoms with Crippen molar-refractivity contribution in [3.05, 3.63) is 53.1 Å². The summed E-state index contributed by atoms with van der Waals surface area (Å²) in [7, 11) is 3.19. The van der Waals surface area contributed by atoms with Gasteiger partial charge in [0.25, 0.3) is 0 Å². The highest BCUT2D eigenvalue weighted by molar-refractivity contribution is 7.99. The summed E-state index contributed by atoms with van der Waals surface area (Å²) in [6.45, 7) is 2.65. The first-order valence-electron chi connectivity index (χ1n) is 8.64. The number of benzene rings is 2. The van der Waals surface area contributed by atoms with Gasteiger partial charge in [-0.15, -0.1) is 10.2 Å². The lowest BCUT2D eigenvalue weighted by Gasteiger charge is -2.11. The minimum Gasteiger partial charge on any atom is -0.497 e. The normalized spacial score (nSPS) is 10.7. The maximum Gasteiger partial charge on any atom is 0.191 e. The van der Waals surface area contributed by atoms with E-state index in [0.29, 0.717) is 33.9 Å². The van der Waals surface area contributed by atoms with Crippen LogP contribution in [0.5, 0.6) is 11.5 Å². The number of nitrogens with zero attached hydrogens (tertiary/aromatic N) is 3. The molecule has 2 aromatic carbocycles. The Kier molecular flexibility index (Phi) is 6.59. The summed E-state index contributed by atoms with van der Waals surface area (Å²) >= 11 is 7.50. The largest absolute Gasteiger partial charge is 0.497 e. The zero-order chi connectivity index (χ0) is 20.1. The van der Waals surface area contributed by atoms with Crippen molar-refractivity contribution in [2.75, 3.05) is 20.0 Å². The summed E-state index contributed by atoms with van der Waals surface area (Å²) in [6, 6.07) is 12.4. The quantitative estimate of drug-likeness (QED) is 0.394. The van der Waals surface area contributed by atoms with Crippen LogP contribution in [0.2, 0.25) is 5.02 Å². The number of halogens is 1. The lowest BCUT2D eigenvalue weighted by molar-refractivity contribution is 0.102. The predicted octanol–water partition coefficient (Wildman–Crippen LogP) is 4.61. The van der Waals surface area contributed by atoms with E-state index in [1.165, 1.54) is 11.8 Å². The number of hydrogen-bond donors (Lipinski definition) is 0. The monoisotopic (exact) mass is 417 g/mol. The van der Waals surface area contributed by atoms with E-state index in [2.05, 4.69) is 10.2 Å².